The smallest absolute Gasteiger partial charge is 0.203 e. The van der Waals surface area contributed by atoms with Crippen LogP contribution in [0.1, 0.15) is 22.3 Å². The molecule has 0 aliphatic carbocycles. The first-order valence-corrected chi connectivity index (χ1v) is 11.1. The zero-order valence-electron chi connectivity index (χ0n) is 17.7. The average Bonchev–Trinajstić information content (AvgIpc) is 2.87. The Morgan fingerprint density at radius 3 is 1.22 bits per heavy atom. The van der Waals surface area contributed by atoms with E-state index in [1.807, 2.05) is 103 Å². The Balaban J connectivity index is 1.61. The van der Waals surface area contributed by atoms with E-state index in [9.17, 15) is 0 Å². The van der Waals surface area contributed by atoms with Gasteiger partial charge in [-0.1, -0.05) is 91.0 Å². The molecule has 162 valence electrons. The van der Waals surface area contributed by atoms with Crippen LogP contribution in [-0.4, -0.2) is 0 Å². The molecule has 32 heavy (non-hydrogen) atoms. The molecule has 0 atom stereocenters. The molecule has 3 nitrogen and oxygen atoms in total. The molecular weight excluding hydrogens is 420 g/mol. The summed E-state index contributed by atoms with van der Waals surface area (Å²) < 4.78 is 18.6. The Kier molecular flexibility index (Phi) is 7.67. The molecule has 0 amide bonds. The van der Waals surface area contributed by atoms with E-state index in [-0.39, 0.29) is 0 Å². The van der Waals surface area contributed by atoms with Crippen molar-refractivity contribution in [2.75, 3.05) is 0 Å². The van der Waals surface area contributed by atoms with Crippen LogP contribution in [0, 0.1) is 0 Å². The van der Waals surface area contributed by atoms with Crippen molar-refractivity contribution in [3.8, 4) is 17.2 Å². The minimum absolute atomic E-state index is 0.350. The number of alkyl halides is 1. The van der Waals surface area contributed by atoms with Crippen molar-refractivity contribution in [1.82, 2.24) is 0 Å². The SMILES string of the molecule is ClCc1cc(OCc2ccccc2)c(OCc2ccccc2)c(OCc2ccccc2)c1. The van der Waals surface area contributed by atoms with Gasteiger partial charge in [-0.3, -0.25) is 0 Å². The first-order chi connectivity index (χ1) is 15.8. The van der Waals surface area contributed by atoms with Gasteiger partial charge in [0.1, 0.15) is 19.8 Å². The summed E-state index contributed by atoms with van der Waals surface area (Å²) in [5.41, 5.74) is 4.12. The van der Waals surface area contributed by atoms with Crippen LogP contribution in [-0.2, 0) is 25.7 Å². The highest BCUT2D eigenvalue weighted by molar-refractivity contribution is 6.17. The lowest BCUT2D eigenvalue weighted by Crippen LogP contribution is -2.05. The normalized spacial score (nSPS) is 10.5. The van der Waals surface area contributed by atoms with Crippen molar-refractivity contribution in [2.45, 2.75) is 25.7 Å². The fourth-order valence-electron chi connectivity index (χ4n) is 3.27. The quantitative estimate of drug-likeness (QED) is 0.243. The third kappa shape index (κ3) is 6.05. The summed E-state index contributed by atoms with van der Waals surface area (Å²) in [5.74, 6) is 2.16. The highest BCUT2D eigenvalue weighted by Gasteiger charge is 2.16. The topological polar surface area (TPSA) is 27.7 Å². The van der Waals surface area contributed by atoms with Crippen LogP contribution in [0.25, 0.3) is 0 Å². The molecule has 0 bridgehead atoms. The average molecular weight is 445 g/mol. The van der Waals surface area contributed by atoms with Gasteiger partial charge in [-0.25, -0.2) is 0 Å². The van der Waals surface area contributed by atoms with Crippen molar-refractivity contribution < 1.29 is 14.2 Å². The van der Waals surface area contributed by atoms with Gasteiger partial charge in [-0.2, -0.15) is 0 Å². The molecule has 0 radical (unpaired) electrons. The van der Waals surface area contributed by atoms with Gasteiger partial charge in [0, 0.05) is 5.88 Å². The predicted octanol–water partition coefficient (Wildman–Crippen LogP) is 7.16. The molecule has 0 aliphatic rings. The van der Waals surface area contributed by atoms with Crippen LogP contribution < -0.4 is 14.2 Å². The summed E-state index contributed by atoms with van der Waals surface area (Å²) in [6.07, 6.45) is 0. The van der Waals surface area contributed by atoms with Gasteiger partial charge in [0.25, 0.3) is 0 Å². The summed E-state index contributed by atoms with van der Waals surface area (Å²) in [7, 11) is 0. The summed E-state index contributed by atoms with van der Waals surface area (Å²) in [6, 6.07) is 34.0. The Bertz CT molecular complexity index is 1030. The van der Waals surface area contributed by atoms with Crippen molar-refractivity contribution in [1.29, 1.82) is 0 Å². The number of hydrogen-bond acceptors (Lipinski definition) is 3. The summed E-state index contributed by atoms with van der Waals surface area (Å²) >= 11 is 6.18. The molecular formula is C28H25ClO3. The second kappa shape index (κ2) is 11.3. The molecule has 4 aromatic rings. The van der Waals surface area contributed by atoms with E-state index in [2.05, 4.69) is 0 Å². The first kappa shape index (κ1) is 21.8. The van der Waals surface area contributed by atoms with Gasteiger partial charge in [-0.05, 0) is 34.4 Å². The molecule has 0 heterocycles. The lowest BCUT2D eigenvalue weighted by atomic mass is 10.2. The zero-order valence-corrected chi connectivity index (χ0v) is 18.5. The van der Waals surface area contributed by atoms with E-state index in [1.54, 1.807) is 0 Å². The second-order valence-electron chi connectivity index (χ2n) is 7.38. The fraction of sp³-hybridized carbons (Fsp3) is 0.143. The van der Waals surface area contributed by atoms with E-state index in [0.717, 1.165) is 22.3 Å². The van der Waals surface area contributed by atoms with Crippen molar-refractivity contribution in [3.05, 3.63) is 125 Å². The highest BCUT2D eigenvalue weighted by atomic mass is 35.5. The molecule has 0 saturated carbocycles. The second-order valence-corrected chi connectivity index (χ2v) is 7.64. The highest BCUT2D eigenvalue weighted by Crippen LogP contribution is 2.40. The molecule has 4 aromatic carbocycles. The van der Waals surface area contributed by atoms with Gasteiger partial charge >= 0.3 is 0 Å². The maximum Gasteiger partial charge on any atom is 0.203 e. The molecule has 0 unspecified atom stereocenters. The van der Waals surface area contributed by atoms with Gasteiger partial charge < -0.3 is 14.2 Å². The maximum absolute atomic E-state index is 6.24. The number of rotatable bonds is 10. The third-order valence-corrected chi connectivity index (χ3v) is 5.24. The molecule has 0 aromatic heterocycles. The number of ether oxygens (including phenoxy) is 3. The molecule has 0 N–H and O–H groups in total. The lowest BCUT2D eigenvalue weighted by molar-refractivity contribution is 0.229. The van der Waals surface area contributed by atoms with E-state index in [1.165, 1.54) is 0 Å². The van der Waals surface area contributed by atoms with E-state index in [0.29, 0.717) is 42.9 Å². The van der Waals surface area contributed by atoms with E-state index < -0.39 is 0 Å². The Hall–Kier alpha value is -3.43. The Labute approximate surface area is 194 Å². The van der Waals surface area contributed by atoms with Crippen LogP contribution >= 0.6 is 11.6 Å². The van der Waals surface area contributed by atoms with Crippen LogP contribution in [0.4, 0.5) is 0 Å². The lowest BCUT2D eigenvalue weighted by Gasteiger charge is -2.18. The minimum atomic E-state index is 0.350. The standard InChI is InChI=1S/C28H25ClO3/c29-18-25-16-26(30-19-22-10-4-1-5-11-22)28(32-21-24-14-8-3-9-15-24)27(17-25)31-20-23-12-6-2-7-13-23/h1-17H,18-21H2. The first-order valence-electron chi connectivity index (χ1n) is 10.5. The minimum Gasteiger partial charge on any atom is -0.485 e. The Morgan fingerprint density at radius 1 is 0.469 bits per heavy atom. The molecule has 4 rings (SSSR count). The van der Waals surface area contributed by atoms with Crippen LogP contribution in [0.3, 0.4) is 0 Å². The third-order valence-electron chi connectivity index (χ3n) is 4.94. The van der Waals surface area contributed by atoms with E-state index >= 15 is 0 Å². The number of halogens is 1. The summed E-state index contributed by atoms with van der Waals surface area (Å²) in [5, 5.41) is 0. The monoisotopic (exact) mass is 444 g/mol. The van der Waals surface area contributed by atoms with Crippen molar-refractivity contribution in [2.24, 2.45) is 0 Å². The van der Waals surface area contributed by atoms with Crippen LogP contribution in [0.15, 0.2) is 103 Å². The Morgan fingerprint density at radius 2 is 0.844 bits per heavy atom. The van der Waals surface area contributed by atoms with Crippen molar-refractivity contribution >= 4 is 11.6 Å². The number of hydrogen-bond donors (Lipinski definition) is 0. The van der Waals surface area contributed by atoms with Gasteiger partial charge in [0.05, 0.1) is 0 Å². The summed E-state index contributed by atoms with van der Waals surface area (Å²) in [6.45, 7) is 1.25. The molecule has 0 aliphatic heterocycles. The zero-order chi connectivity index (χ0) is 22.0. The van der Waals surface area contributed by atoms with Gasteiger partial charge in [0.2, 0.25) is 5.75 Å². The van der Waals surface area contributed by atoms with Crippen molar-refractivity contribution in [3.63, 3.8) is 0 Å². The van der Waals surface area contributed by atoms with Crippen LogP contribution in [0.5, 0.6) is 17.2 Å². The molecule has 0 saturated heterocycles. The maximum atomic E-state index is 6.24. The number of benzene rings is 4. The fourth-order valence-corrected chi connectivity index (χ4v) is 3.42. The molecule has 0 fully saturated rings. The molecule has 4 heteroatoms. The summed E-state index contributed by atoms with van der Waals surface area (Å²) in [4.78, 5) is 0. The van der Waals surface area contributed by atoms with Gasteiger partial charge in [0.15, 0.2) is 11.5 Å². The largest absolute Gasteiger partial charge is 0.485 e. The molecule has 0 spiro atoms. The van der Waals surface area contributed by atoms with Gasteiger partial charge in [-0.15, -0.1) is 11.6 Å². The van der Waals surface area contributed by atoms with Crippen LogP contribution in [0.2, 0.25) is 0 Å². The van der Waals surface area contributed by atoms with E-state index in [4.69, 9.17) is 25.8 Å². The predicted molar refractivity (Wildman–Crippen MR) is 128 cm³/mol.